The van der Waals surface area contributed by atoms with Gasteiger partial charge in [0.25, 0.3) is 5.91 Å². The van der Waals surface area contributed by atoms with Crippen LogP contribution in [0.1, 0.15) is 36.7 Å². The van der Waals surface area contributed by atoms with Crippen LogP contribution in [0.5, 0.6) is 0 Å². The molecule has 0 aromatic carbocycles. The highest BCUT2D eigenvalue weighted by atomic mass is 35.5. The van der Waals surface area contributed by atoms with Gasteiger partial charge in [0.1, 0.15) is 11.3 Å². The summed E-state index contributed by atoms with van der Waals surface area (Å²) in [6, 6.07) is 3.53. The Balaban J connectivity index is 1.66. The van der Waals surface area contributed by atoms with Crippen molar-refractivity contribution in [3.63, 3.8) is 0 Å². The summed E-state index contributed by atoms with van der Waals surface area (Å²) < 4.78 is 7.43. The van der Waals surface area contributed by atoms with Gasteiger partial charge in [-0.2, -0.15) is 0 Å². The summed E-state index contributed by atoms with van der Waals surface area (Å²) in [6.45, 7) is 3.40. The van der Waals surface area contributed by atoms with E-state index in [1.54, 1.807) is 40.9 Å². The Hall–Kier alpha value is -2.12. The van der Waals surface area contributed by atoms with E-state index >= 15 is 0 Å². The monoisotopic (exact) mass is 378 g/mol. The number of pyridine rings is 1. The van der Waals surface area contributed by atoms with Crippen LogP contribution in [0.25, 0.3) is 5.65 Å². The van der Waals surface area contributed by atoms with Gasteiger partial charge in [-0.3, -0.25) is 9.59 Å². The maximum Gasteiger partial charge on any atom is 0.274 e. The van der Waals surface area contributed by atoms with Crippen LogP contribution < -0.4 is 5.32 Å². The van der Waals surface area contributed by atoms with E-state index in [0.29, 0.717) is 55.3 Å². The first-order chi connectivity index (χ1) is 12.5. The number of imidazole rings is 1. The Morgan fingerprint density at radius 1 is 1.31 bits per heavy atom. The number of likely N-dealkylation sites (tertiary alicyclic amines) is 1. The summed E-state index contributed by atoms with van der Waals surface area (Å²) in [4.78, 5) is 30.5. The number of halogens is 1. The molecule has 2 amide bonds. The summed E-state index contributed by atoms with van der Waals surface area (Å²) >= 11 is 5.98. The van der Waals surface area contributed by atoms with Crippen LogP contribution in [0, 0.1) is 0 Å². The Bertz CT molecular complexity index is 812. The molecule has 0 spiro atoms. The van der Waals surface area contributed by atoms with E-state index in [2.05, 4.69) is 10.3 Å². The Labute approximate surface area is 157 Å². The Kier molecular flexibility index (Phi) is 5.48. The van der Waals surface area contributed by atoms with Crippen molar-refractivity contribution < 1.29 is 14.3 Å². The molecular weight excluding hydrogens is 356 g/mol. The molecule has 3 rings (SSSR count). The predicted octanol–water partition coefficient (Wildman–Crippen LogP) is 2.14. The van der Waals surface area contributed by atoms with Crippen molar-refractivity contribution in [3.05, 3.63) is 35.2 Å². The molecule has 1 N–H and O–H groups in total. The van der Waals surface area contributed by atoms with Crippen LogP contribution in [0.2, 0.25) is 5.02 Å². The molecule has 1 fully saturated rings. The minimum atomic E-state index is -0.423. The molecule has 7 nitrogen and oxygen atoms in total. The zero-order valence-corrected chi connectivity index (χ0v) is 15.8. The number of nitrogens with zero attached hydrogens (tertiary/aromatic N) is 3. The van der Waals surface area contributed by atoms with Gasteiger partial charge in [-0.25, -0.2) is 4.98 Å². The molecule has 1 saturated heterocycles. The largest absolute Gasteiger partial charge is 0.376 e. The third-order valence-corrected chi connectivity index (χ3v) is 5.18. The summed E-state index contributed by atoms with van der Waals surface area (Å²) in [5.41, 5.74) is 0.661. The second-order valence-electron chi connectivity index (χ2n) is 6.55. The van der Waals surface area contributed by atoms with Crippen molar-refractivity contribution >= 4 is 29.1 Å². The Morgan fingerprint density at radius 2 is 2.04 bits per heavy atom. The van der Waals surface area contributed by atoms with Crippen molar-refractivity contribution in [2.45, 2.75) is 31.8 Å². The normalized spacial score (nSPS) is 16.7. The second-order valence-corrected chi connectivity index (χ2v) is 6.98. The number of carbonyl (C=O) groups is 2. The van der Waals surface area contributed by atoms with Crippen molar-refractivity contribution in [2.75, 3.05) is 26.7 Å². The van der Waals surface area contributed by atoms with Gasteiger partial charge in [-0.05, 0) is 25.0 Å². The molecule has 2 aromatic rings. The lowest BCUT2D eigenvalue weighted by atomic mass is 9.90. The van der Waals surface area contributed by atoms with E-state index in [1.165, 1.54) is 0 Å². The highest BCUT2D eigenvalue weighted by Crippen LogP contribution is 2.26. The third kappa shape index (κ3) is 3.83. The van der Waals surface area contributed by atoms with Gasteiger partial charge in [0.2, 0.25) is 5.91 Å². The maximum atomic E-state index is 12.8. The standard InChI is InChI=1S/C18H23ClN4O3/c1-3-16(24)20-12-18(26-2)6-8-22(9-7-18)17(25)14-11-23-10-13(19)4-5-15(23)21-14/h4-5,10-11H,3,6-9,12H2,1-2H3,(H,20,24). The van der Waals surface area contributed by atoms with Gasteiger partial charge in [0.15, 0.2) is 0 Å². The topological polar surface area (TPSA) is 75.9 Å². The number of piperidine rings is 1. The number of hydrogen-bond acceptors (Lipinski definition) is 4. The molecule has 0 bridgehead atoms. The third-order valence-electron chi connectivity index (χ3n) is 4.96. The fourth-order valence-corrected chi connectivity index (χ4v) is 3.35. The molecule has 140 valence electrons. The smallest absolute Gasteiger partial charge is 0.274 e. The molecule has 0 aliphatic carbocycles. The molecule has 8 heteroatoms. The van der Waals surface area contributed by atoms with Gasteiger partial charge >= 0.3 is 0 Å². The van der Waals surface area contributed by atoms with Crippen LogP contribution in [-0.4, -0.2) is 58.4 Å². The van der Waals surface area contributed by atoms with Crippen molar-refractivity contribution in [2.24, 2.45) is 0 Å². The molecule has 0 atom stereocenters. The van der Waals surface area contributed by atoms with E-state index in [4.69, 9.17) is 16.3 Å². The lowest BCUT2D eigenvalue weighted by molar-refractivity contribution is -0.123. The van der Waals surface area contributed by atoms with Crippen molar-refractivity contribution in [3.8, 4) is 0 Å². The van der Waals surface area contributed by atoms with Crippen LogP contribution in [-0.2, 0) is 9.53 Å². The van der Waals surface area contributed by atoms with Crippen LogP contribution in [0.15, 0.2) is 24.5 Å². The first-order valence-electron chi connectivity index (χ1n) is 8.72. The van der Waals surface area contributed by atoms with E-state index in [1.807, 2.05) is 6.92 Å². The van der Waals surface area contributed by atoms with Gasteiger partial charge < -0.3 is 19.4 Å². The molecular formula is C18H23ClN4O3. The van der Waals surface area contributed by atoms with Crippen LogP contribution in [0.4, 0.5) is 0 Å². The van der Waals surface area contributed by atoms with Crippen LogP contribution >= 0.6 is 11.6 Å². The van der Waals surface area contributed by atoms with Crippen LogP contribution in [0.3, 0.4) is 0 Å². The highest BCUT2D eigenvalue weighted by molar-refractivity contribution is 6.30. The minimum Gasteiger partial charge on any atom is -0.376 e. The number of aromatic nitrogens is 2. The Morgan fingerprint density at radius 3 is 2.69 bits per heavy atom. The van der Waals surface area contributed by atoms with E-state index in [-0.39, 0.29) is 11.8 Å². The van der Waals surface area contributed by atoms with Gasteiger partial charge in [0.05, 0.1) is 10.6 Å². The number of ether oxygens (including phenoxy) is 1. The first-order valence-corrected chi connectivity index (χ1v) is 9.09. The molecule has 2 aromatic heterocycles. The zero-order valence-electron chi connectivity index (χ0n) is 15.0. The second kappa shape index (κ2) is 7.63. The number of amides is 2. The van der Waals surface area contributed by atoms with Crippen molar-refractivity contribution in [1.82, 2.24) is 19.6 Å². The average molecular weight is 379 g/mol. The van der Waals surface area contributed by atoms with Gasteiger partial charge in [0, 0.05) is 45.6 Å². The minimum absolute atomic E-state index is 0.00305. The molecule has 0 unspecified atom stereocenters. The van der Waals surface area contributed by atoms with E-state index < -0.39 is 5.60 Å². The number of nitrogens with one attached hydrogen (secondary N) is 1. The van der Waals surface area contributed by atoms with E-state index in [9.17, 15) is 9.59 Å². The lowest BCUT2D eigenvalue weighted by Crippen LogP contribution is -2.53. The SMILES string of the molecule is CCC(=O)NCC1(OC)CCN(C(=O)c2cn3cc(Cl)ccc3n2)CC1. The molecule has 3 heterocycles. The predicted molar refractivity (Wildman–Crippen MR) is 98.4 cm³/mol. The van der Waals surface area contributed by atoms with Crippen molar-refractivity contribution in [1.29, 1.82) is 0 Å². The highest BCUT2D eigenvalue weighted by Gasteiger charge is 2.36. The van der Waals surface area contributed by atoms with E-state index in [0.717, 1.165) is 0 Å². The quantitative estimate of drug-likeness (QED) is 0.864. The summed E-state index contributed by atoms with van der Waals surface area (Å²) in [7, 11) is 1.65. The maximum absolute atomic E-state index is 12.8. The molecule has 1 aliphatic rings. The molecule has 26 heavy (non-hydrogen) atoms. The van der Waals surface area contributed by atoms with Gasteiger partial charge in [-0.15, -0.1) is 0 Å². The first kappa shape index (κ1) is 18.7. The zero-order chi connectivity index (χ0) is 18.7. The molecule has 0 radical (unpaired) electrons. The number of hydrogen-bond donors (Lipinski definition) is 1. The number of carbonyl (C=O) groups excluding carboxylic acids is 2. The fraction of sp³-hybridized carbons (Fsp3) is 0.500. The molecule has 1 aliphatic heterocycles. The summed E-state index contributed by atoms with van der Waals surface area (Å²) in [6.07, 6.45) is 5.20. The average Bonchev–Trinajstić information content (AvgIpc) is 3.09. The summed E-state index contributed by atoms with van der Waals surface area (Å²) in [5, 5.41) is 3.49. The van der Waals surface area contributed by atoms with Gasteiger partial charge in [-0.1, -0.05) is 18.5 Å². The molecule has 0 saturated carbocycles. The number of methoxy groups -OCH3 is 1. The fourth-order valence-electron chi connectivity index (χ4n) is 3.18. The lowest BCUT2D eigenvalue weighted by Gasteiger charge is -2.40. The number of rotatable bonds is 5. The number of fused-ring (bicyclic) bond motifs is 1. The summed E-state index contributed by atoms with van der Waals surface area (Å²) in [5.74, 6) is -0.101.